The minimum Gasteiger partial charge on any atom is -0.0848 e. The highest BCUT2D eigenvalue weighted by molar-refractivity contribution is 5.02. The van der Waals surface area contributed by atoms with E-state index in [1.54, 1.807) is 0 Å². The molecule has 0 aliphatic heterocycles. The minimum atomic E-state index is 0.427. The van der Waals surface area contributed by atoms with Crippen LogP contribution in [0.15, 0.2) is 24.3 Å². The number of allylic oxidation sites excluding steroid dienone is 4. The molecule has 11 heavy (non-hydrogen) atoms. The first-order valence-electron chi connectivity index (χ1n) is 4.38. The Balaban J connectivity index is 3.53. The van der Waals surface area contributed by atoms with Crippen LogP contribution < -0.4 is 0 Å². The van der Waals surface area contributed by atoms with Gasteiger partial charge in [0.1, 0.15) is 0 Å². The van der Waals surface area contributed by atoms with Gasteiger partial charge in [0, 0.05) is 0 Å². The second-order valence-electron chi connectivity index (χ2n) is 4.03. The molecule has 0 aromatic heterocycles. The van der Waals surface area contributed by atoms with E-state index in [0.29, 0.717) is 5.41 Å². The summed E-state index contributed by atoms with van der Waals surface area (Å²) in [6.45, 7) is 8.90. The number of hydrogen-bond donors (Lipinski definition) is 0. The third-order valence-corrected chi connectivity index (χ3v) is 1.35. The Bertz CT molecular complexity index is 133. The molecular formula is C11H20. The summed E-state index contributed by atoms with van der Waals surface area (Å²) in [6.07, 6.45) is 10.9. The largest absolute Gasteiger partial charge is 0.0848 e. The van der Waals surface area contributed by atoms with Crippen LogP contribution in [0.25, 0.3) is 0 Å². The van der Waals surface area contributed by atoms with E-state index in [1.807, 2.05) is 0 Å². The lowest BCUT2D eigenvalue weighted by molar-refractivity contribution is 0.420. The molecule has 0 atom stereocenters. The maximum Gasteiger partial charge on any atom is -0.0299 e. The van der Waals surface area contributed by atoms with E-state index in [2.05, 4.69) is 52.0 Å². The van der Waals surface area contributed by atoms with E-state index in [-0.39, 0.29) is 0 Å². The molecule has 0 heterocycles. The summed E-state index contributed by atoms with van der Waals surface area (Å²) in [5.41, 5.74) is 0.427. The molecule has 0 aromatic carbocycles. The zero-order chi connectivity index (χ0) is 8.74. The van der Waals surface area contributed by atoms with Gasteiger partial charge in [0.15, 0.2) is 0 Å². The molecule has 0 N–H and O–H groups in total. The quantitative estimate of drug-likeness (QED) is 0.537. The third kappa shape index (κ3) is 9.48. The average Bonchev–Trinajstić information content (AvgIpc) is 1.85. The Labute approximate surface area is 71.0 Å². The lowest BCUT2D eigenvalue weighted by Crippen LogP contribution is -2.01. The van der Waals surface area contributed by atoms with E-state index < -0.39 is 0 Å². The molecule has 0 spiro atoms. The molecule has 0 amide bonds. The van der Waals surface area contributed by atoms with E-state index in [0.717, 1.165) is 12.8 Å². The van der Waals surface area contributed by atoms with Crippen LogP contribution in [0.4, 0.5) is 0 Å². The molecule has 0 unspecified atom stereocenters. The number of rotatable bonds is 3. The molecule has 0 heteroatoms. The normalized spacial score (nSPS) is 13.5. The van der Waals surface area contributed by atoms with Gasteiger partial charge in [-0.2, -0.15) is 0 Å². The molecule has 0 aliphatic carbocycles. The summed E-state index contributed by atoms with van der Waals surface area (Å²) >= 11 is 0. The smallest absolute Gasteiger partial charge is 0.0299 e. The van der Waals surface area contributed by atoms with Gasteiger partial charge in [0.05, 0.1) is 0 Å². The van der Waals surface area contributed by atoms with Crippen molar-refractivity contribution in [2.24, 2.45) is 5.41 Å². The van der Waals surface area contributed by atoms with Gasteiger partial charge in [-0.15, -0.1) is 0 Å². The molecule has 0 saturated carbocycles. The highest BCUT2D eigenvalue weighted by Crippen LogP contribution is 2.18. The Kier molecular flexibility index (Phi) is 4.93. The van der Waals surface area contributed by atoms with Gasteiger partial charge in [-0.25, -0.2) is 0 Å². The predicted molar refractivity (Wildman–Crippen MR) is 52.6 cm³/mol. The summed E-state index contributed by atoms with van der Waals surface area (Å²) in [5.74, 6) is 0. The van der Waals surface area contributed by atoms with Crippen molar-refractivity contribution in [2.45, 2.75) is 40.5 Å². The zero-order valence-corrected chi connectivity index (χ0v) is 8.22. The minimum absolute atomic E-state index is 0.427. The highest BCUT2D eigenvalue weighted by Gasteiger charge is 2.05. The maximum absolute atomic E-state index is 2.25. The SMILES string of the molecule is CC/C=C/C=C/CC(C)(C)C. The molecule has 0 fully saturated rings. The van der Waals surface area contributed by atoms with E-state index in [1.165, 1.54) is 0 Å². The van der Waals surface area contributed by atoms with Gasteiger partial charge in [-0.3, -0.25) is 0 Å². The summed E-state index contributed by atoms with van der Waals surface area (Å²) in [6, 6.07) is 0. The average molecular weight is 152 g/mol. The van der Waals surface area contributed by atoms with Crippen LogP contribution in [0, 0.1) is 5.41 Å². The van der Waals surface area contributed by atoms with Crippen LogP contribution in [0.2, 0.25) is 0 Å². The predicted octanol–water partition coefficient (Wildman–Crippen LogP) is 3.95. The second kappa shape index (κ2) is 5.17. The topological polar surface area (TPSA) is 0 Å². The molecule has 0 aliphatic rings. The Morgan fingerprint density at radius 1 is 1.00 bits per heavy atom. The maximum atomic E-state index is 2.25. The zero-order valence-electron chi connectivity index (χ0n) is 8.22. The van der Waals surface area contributed by atoms with Gasteiger partial charge < -0.3 is 0 Å². The first kappa shape index (κ1) is 10.5. The first-order chi connectivity index (χ1) is 5.06. The highest BCUT2D eigenvalue weighted by atomic mass is 14.1. The summed E-state index contributed by atoms with van der Waals surface area (Å²) in [5, 5.41) is 0. The molecule has 64 valence electrons. The van der Waals surface area contributed by atoms with Gasteiger partial charge in [-0.05, 0) is 18.3 Å². The van der Waals surface area contributed by atoms with Crippen LogP contribution >= 0.6 is 0 Å². The van der Waals surface area contributed by atoms with Crippen molar-refractivity contribution in [3.05, 3.63) is 24.3 Å². The summed E-state index contributed by atoms with van der Waals surface area (Å²) in [7, 11) is 0. The van der Waals surface area contributed by atoms with Crippen molar-refractivity contribution >= 4 is 0 Å². The molecular weight excluding hydrogens is 132 g/mol. The van der Waals surface area contributed by atoms with Crippen molar-refractivity contribution in [1.82, 2.24) is 0 Å². The molecule has 0 rings (SSSR count). The van der Waals surface area contributed by atoms with Crippen LogP contribution in [-0.4, -0.2) is 0 Å². The molecule has 0 radical (unpaired) electrons. The summed E-state index contributed by atoms with van der Waals surface area (Å²) in [4.78, 5) is 0. The van der Waals surface area contributed by atoms with Gasteiger partial charge in [0.25, 0.3) is 0 Å². The first-order valence-corrected chi connectivity index (χ1v) is 4.38. The fourth-order valence-electron chi connectivity index (χ4n) is 0.715. The van der Waals surface area contributed by atoms with Crippen molar-refractivity contribution in [3.63, 3.8) is 0 Å². The molecule has 0 saturated heterocycles. The van der Waals surface area contributed by atoms with Gasteiger partial charge in [-0.1, -0.05) is 52.0 Å². The van der Waals surface area contributed by atoms with Crippen LogP contribution in [0.3, 0.4) is 0 Å². The molecule has 0 aromatic rings. The lowest BCUT2D eigenvalue weighted by Gasteiger charge is -2.13. The van der Waals surface area contributed by atoms with Crippen molar-refractivity contribution < 1.29 is 0 Å². The van der Waals surface area contributed by atoms with E-state index >= 15 is 0 Å². The van der Waals surface area contributed by atoms with Crippen LogP contribution in [0.5, 0.6) is 0 Å². The Morgan fingerprint density at radius 2 is 1.55 bits per heavy atom. The molecule has 0 bridgehead atoms. The van der Waals surface area contributed by atoms with Crippen molar-refractivity contribution in [1.29, 1.82) is 0 Å². The standard InChI is InChI=1S/C11H20/c1-5-6-7-8-9-10-11(2,3)4/h6-9H,5,10H2,1-4H3/b7-6+,9-8+. The molecule has 0 nitrogen and oxygen atoms in total. The monoisotopic (exact) mass is 152 g/mol. The van der Waals surface area contributed by atoms with Crippen molar-refractivity contribution in [2.75, 3.05) is 0 Å². The second-order valence-corrected chi connectivity index (χ2v) is 4.03. The number of hydrogen-bond acceptors (Lipinski definition) is 0. The Morgan fingerprint density at radius 3 is 2.00 bits per heavy atom. The van der Waals surface area contributed by atoms with Gasteiger partial charge in [0.2, 0.25) is 0 Å². The summed E-state index contributed by atoms with van der Waals surface area (Å²) < 4.78 is 0. The lowest BCUT2D eigenvalue weighted by atomic mass is 9.92. The fraction of sp³-hybridized carbons (Fsp3) is 0.636. The van der Waals surface area contributed by atoms with Gasteiger partial charge >= 0.3 is 0 Å². The Hall–Kier alpha value is -0.520. The van der Waals surface area contributed by atoms with Crippen LogP contribution in [-0.2, 0) is 0 Å². The third-order valence-electron chi connectivity index (χ3n) is 1.35. The fourth-order valence-corrected chi connectivity index (χ4v) is 0.715. The van der Waals surface area contributed by atoms with E-state index in [9.17, 15) is 0 Å². The van der Waals surface area contributed by atoms with Crippen LogP contribution in [0.1, 0.15) is 40.5 Å². The van der Waals surface area contributed by atoms with Crippen molar-refractivity contribution in [3.8, 4) is 0 Å². The van der Waals surface area contributed by atoms with E-state index in [4.69, 9.17) is 0 Å².